The van der Waals surface area contributed by atoms with Gasteiger partial charge in [-0.05, 0) is 35.1 Å². The summed E-state index contributed by atoms with van der Waals surface area (Å²) in [6, 6.07) is 12.2. The molecule has 0 radical (unpaired) electrons. The molecule has 5 heterocycles. The molecule has 4 aliphatic rings. The van der Waals surface area contributed by atoms with E-state index in [1.165, 1.54) is 0 Å². The number of carbonyl (C=O) groups excluding carboxylic acids is 2. The van der Waals surface area contributed by atoms with Crippen molar-refractivity contribution < 1.29 is 28.6 Å². The standard InChI is InChI=1S/C32H35N5O6/c1-15(2)23-30-37-24(29-33-11-12-41-29)26(43-30)32-18-7-5-6-8-20(18)35-31(32)42-22-10-9-17(13-19(22)32)14-21(27(39)36-23)34-28(40)25(38)16(3)4/h5-10,13,15-16,21,23,25,31,35,38H,11-12,14H2,1-4H3,(H,34,40)(H,36,39)/t21-,23-,25-,31?,32?/m0/s1. The molecule has 4 bridgehead atoms. The number of aliphatic imine (C=N–C) groups is 1. The van der Waals surface area contributed by atoms with Gasteiger partial charge in [-0.25, -0.2) is 9.98 Å². The number of fused-ring (bicyclic) bond motifs is 4. The van der Waals surface area contributed by atoms with Gasteiger partial charge in [0.25, 0.3) is 0 Å². The summed E-state index contributed by atoms with van der Waals surface area (Å²) in [5.74, 6) is 0.466. The molecule has 11 nitrogen and oxygen atoms in total. The summed E-state index contributed by atoms with van der Waals surface area (Å²) in [6.07, 6.45) is -1.59. The van der Waals surface area contributed by atoms with E-state index < -0.39 is 41.6 Å². The van der Waals surface area contributed by atoms with Crippen molar-refractivity contribution in [1.82, 2.24) is 15.6 Å². The molecular weight excluding hydrogens is 550 g/mol. The summed E-state index contributed by atoms with van der Waals surface area (Å²) in [7, 11) is 0. The van der Waals surface area contributed by atoms with Crippen LogP contribution in [0.4, 0.5) is 5.69 Å². The molecule has 0 fully saturated rings. The molecule has 5 atom stereocenters. The highest BCUT2D eigenvalue weighted by atomic mass is 16.5. The molecule has 3 aromatic rings. The number of hydrogen-bond acceptors (Lipinski definition) is 9. The summed E-state index contributed by atoms with van der Waals surface area (Å²) in [5.41, 5.74) is 3.07. The van der Waals surface area contributed by atoms with Crippen molar-refractivity contribution >= 4 is 23.4 Å². The third kappa shape index (κ3) is 4.20. The molecule has 4 aliphatic heterocycles. The molecule has 2 amide bonds. The lowest BCUT2D eigenvalue weighted by Crippen LogP contribution is -2.52. The van der Waals surface area contributed by atoms with Gasteiger partial charge in [0, 0.05) is 17.7 Å². The van der Waals surface area contributed by atoms with Crippen molar-refractivity contribution in [2.24, 2.45) is 16.8 Å². The fourth-order valence-electron chi connectivity index (χ4n) is 6.49. The monoisotopic (exact) mass is 585 g/mol. The normalized spacial score (nSPS) is 25.8. The Kier molecular flexibility index (Phi) is 6.46. The lowest BCUT2D eigenvalue weighted by atomic mass is 9.72. The maximum Gasteiger partial charge on any atom is 0.249 e. The highest BCUT2D eigenvalue weighted by molar-refractivity contribution is 5.96. The van der Waals surface area contributed by atoms with Crippen LogP contribution in [0.15, 0.2) is 51.9 Å². The third-order valence-corrected chi connectivity index (χ3v) is 8.74. The van der Waals surface area contributed by atoms with E-state index in [1.54, 1.807) is 13.8 Å². The van der Waals surface area contributed by atoms with E-state index in [4.69, 9.17) is 18.9 Å². The zero-order chi connectivity index (χ0) is 30.0. The van der Waals surface area contributed by atoms with Gasteiger partial charge in [0.1, 0.15) is 36.0 Å². The van der Waals surface area contributed by atoms with Gasteiger partial charge in [-0.1, -0.05) is 58.0 Å². The number of aromatic nitrogens is 1. The van der Waals surface area contributed by atoms with E-state index in [0.29, 0.717) is 42.1 Å². The average Bonchev–Trinajstić information content (AvgIpc) is 3.76. The minimum absolute atomic E-state index is 0.120. The van der Waals surface area contributed by atoms with Crippen LogP contribution in [-0.2, 0) is 26.2 Å². The zero-order valence-corrected chi connectivity index (χ0v) is 24.5. The first-order chi connectivity index (χ1) is 20.7. The van der Waals surface area contributed by atoms with E-state index >= 15 is 0 Å². The average molecular weight is 586 g/mol. The van der Waals surface area contributed by atoms with Crippen molar-refractivity contribution in [2.45, 2.75) is 63.9 Å². The molecule has 0 aliphatic carbocycles. The van der Waals surface area contributed by atoms with Crippen molar-refractivity contribution in [3.05, 3.63) is 76.5 Å². The summed E-state index contributed by atoms with van der Waals surface area (Å²) in [6.45, 7) is 8.38. The van der Waals surface area contributed by atoms with Crippen LogP contribution >= 0.6 is 0 Å². The Hall–Kier alpha value is -4.38. The number of rotatable bonds is 5. The van der Waals surface area contributed by atoms with Crippen LogP contribution < -0.4 is 20.7 Å². The topological polar surface area (TPSA) is 147 Å². The number of carbonyl (C=O) groups is 2. The number of oxazole rings is 1. The lowest BCUT2D eigenvalue weighted by Gasteiger charge is -2.29. The molecule has 43 heavy (non-hydrogen) atoms. The van der Waals surface area contributed by atoms with E-state index in [-0.39, 0.29) is 18.3 Å². The number of hydrogen-bond donors (Lipinski definition) is 4. The van der Waals surface area contributed by atoms with Gasteiger partial charge in [0.15, 0.2) is 17.7 Å². The summed E-state index contributed by atoms with van der Waals surface area (Å²) in [5, 5.41) is 19.9. The van der Waals surface area contributed by atoms with Crippen LogP contribution in [0.1, 0.15) is 67.8 Å². The highest BCUT2D eigenvalue weighted by Gasteiger charge is 2.61. The first kappa shape index (κ1) is 27.5. The second-order valence-electron chi connectivity index (χ2n) is 12.3. The molecule has 4 N–H and O–H groups in total. The molecule has 1 aromatic heterocycles. The Balaban J connectivity index is 1.46. The van der Waals surface area contributed by atoms with Crippen molar-refractivity contribution in [3.63, 3.8) is 0 Å². The molecule has 0 saturated heterocycles. The molecule has 2 unspecified atom stereocenters. The zero-order valence-electron chi connectivity index (χ0n) is 24.5. The predicted molar refractivity (Wildman–Crippen MR) is 157 cm³/mol. The summed E-state index contributed by atoms with van der Waals surface area (Å²) in [4.78, 5) is 36.4. The second-order valence-corrected chi connectivity index (χ2v) is 12.3. The van der Waals surface area contributed by atoms with Crippen LogP contribution in [0, 0.1) is 11.8 Å². The van der Waals surface area contributed by atoms with Crippen LogP contribution in [0.3, 0.4) is 0 Å². The number of nitrogens with one attached hydrogen (secondary N) is 3. The molecule has 224 valence electrons. The van der Waals surface area contributed by atoms with Crippen LogP contribution in [0.5, 0.6) is 5.75 Å². The second kappa shape index (κ2) is 10.1. The van der Waals surface area contributed by atoms with Gasteiger partial charge >= 0.3 is 0 Å². The number of aliphatic hydroxyl groups excluding tert-OH is 1. The van der Waals surface area contributed by atoms with Gasteiger partial charge in [-0.3, -0.25) is 9.59 Å². The van der Waals surface area contributed by atoms with E-state index in [2.05, 4.69) is 27.0 Å². The van der Waals surface area contributed by atoms with Gasteiger partial charge in [0.2, 0.25) is 23.6 Å². The number of nitrogens with zero attached hydrogens (tertiary/aromatic N) is 2. The van der Waals surface area contributed by atoms with E-state index in [9.17, 15) is 14.7 Å². The quantitative estimate of drug-likeness (QED) is 0.358. The first-order valence-corrected chi connectivity index (χ1v) is 14.8. The number of ether oxygens (including phenoxy) is 2. The van der Waals surface area contributed by atoms with Gasteiger partial charge in [0.05, 0.1) is 6.54 Å². The number of amides is 2. The molecule has 1 spiro atoms. The maximum atomic E-state index is 13.9. The fourth-order valence-corrected chi connectivity index (χ4v) is 6.49. The molecule has 2 aromatic carbocycles. The van der Waals surface area contributed by atoms with Crippen molar-refractivity contribution in [3.8, 4) is 5.75 Å². The largest absolute Gasteiger partial charge is 0.474 e. The van der Waals surface area contributed by atoms with Crippen LogP contribution in [-0.4, -0.2) is 59.3 Å². The molecule has 0 saturated carbocycles. The van der Waals surface area contributed by atoms with Gasteiger partial charge in [-0.2, -0.15) is 0 Å². The first-order valence-electron chi connectivity index (χ1n) is 14.8. The molecule has 11 heteroatoms. The van der Waals surface area contributed by atoms with Crippen LogP contribution in [0.25, 0.3) is 0 Å². The number of para-hydroxylation sites is 1. The summed E-state index contributed by atoms with van der Waals surface area (Å²) >= 11 is 0. The lowest BCUT2D eigenvalue weighted by molar-refractivity contribution is -0.135. The van der Waals surface area contributed by atoms with Crippen molar-refractivity contribution in [1.29, 1.82) is 0 Å². The highest BCUT2D eigenvalue weighted by Crippen LogP contribution is 2.58. The number of benzene rings is 2. The fraction of sp³-hybridized carbons (Fsp3) is 0.438. The Bertz CT molecular complexity index is 1650. The number of anilines is 1. The van der Waals surface area contributed by atoms with Crippen molar-refractivity contribution in [2.75, 3.05) is 18.5 Å². The Morgan fingerprint density at radius 2 is 1.93 bits per heavy atom. The minimum atomic E-state index is -1.25. The van der Waals surface area contributed by atoms with Crippen LogP contribution in [0.2, 0.25) is 0 Å². The minimum Gasteiger partial charge on any atom is -0.474 e. The smallest absolute Gasteiger partial charge is 0.249 e. The van der Waals surface area contributed by atoms with Gasteiger partial charge in [-0.15, -0.1) is 0 Å². The molecular formula is C32H35N5O6. The third-order valence-electron chi connectivity index (χ3n) is 8.74. The maximum absolute atomic E-state index is 13.9. The van der Waals surface area contributed by atoms with Gasteiger partial charge < -0.3 is 34.9 Å². The van der Waals surface area contributed by atoms with E-state index in [1.807, 2.05) is 50.2 Å². The summed E-state index contributed by atoms with van der Waals surface area (Å²) < 4.78 is 19.3. The Morgan fingerprint density at radius 1 is 1.12 bits per heavy atom. The Labute approximate surface area is 249 Å². The number of aliphatic hydroxyl groups is 1. The Morgan fingerprint density at radius 3 is 2.67 bits per heavy atom. The van der Waals surface area contributed by atoms with E-state index in [0.717, 1.165) is 22.4 Å². The predicted octanol–water partition coefficient (Wildman–Crippen LogP) is 2.80. The SMILES string of the molecule is CC(C)[C@H](O)C(=O)N[C@H]1Cc2ccc3c(c2)C2(c4ccccc4NC2O3)c2oc(nc2C2=NCCO2)[C@H](C(C)C)NC1=O. The molecule has 7 rings (SSSR count).